The van der Waals surface area contributed by atoms with E-state index in [4.69, 9.17) is 0 Å². The molecule has 7 heteroatoms. The van der Waals surface area contributed by atoms with Crippen molar-refractivity contribution in [2.24, 2.45) is 0 Å². The van der Waals surface area contributed by atoms with Crippen LogP contribution in [0.25, 0.3) is 11.4 Å². The van der Waals surface area contributed by atoms with Gasteiger partial charge in [0, 0.05) is 23.1 Å². The molecule has 0 aliphatic rings. The standard InChI is InChI=1S/C16H16N4OS2/c1-11(9-12-7-8-22-10-12)17-15(21)19-16-18-14(20-23-16)13-5-3-2-4-6-13/h2-8,10-11H,9H2,1H3,(H2,17,18,19,20,21). The first-order chi connectivity index (χ1) is 11.2. The third-order valence-electron chi connectivity index (χ3n) is 3.18. The molecule has 0 saturated heterocycles. The molecule has 0 fully saturated rings. The summed E-state index contributed by atoms with van der Waals surface area (Å²) in [5.74, 6) is 0.622. The van der Waals surface area contributed by atoms with Crippen LogP contribution in [0.3, 0.4) is 0 Å². The van der Waals surface area contributed by atoms with E-state index in [1.165, 1.54) is 17.1 Å². The highest BCUT2D eigenvalue weighted by Crippen LogP contribution is 2.20. The number of nitrogens with zero attached hydrogens (tertiary/aromatic N) is 2. The molecule has 118 valence electrons. The van der Waals surface area contributed by atoms with E-state index in [9.17, 15) is 4.79 Å². The number of carbonyl (C=O) groups is 1. The Morgan fingerprint density at radius 1 is 1.26 bits per heavy atom. The van der Waals surface area contributed by atoms with Crippen molar-refractivity contribution in [3.63, 3.8) is 0 Å². The second-order valence-corrected chi connectivity index (χ2v) is 6.66. The molecule has 23 heavy (non-hydrogen) atoms. The summed E-state index contributed by atoms with van der Waals surface area (Å²) in [6, 6.07) is 11.5. The molecule has 0 saturated carbocycles. The fraction of sp³-hybridized carbons (Fsp3) is 0.188. The smallest absolute Gasteiger partial charge is 0.321 e. The third kappa shape index (κ3) is 4.37. The molecule has 0 radical (unpaired) electrons. The van der Waals surface area contributed by atoms with Crippen molar-refractivity contribution in [1.29, 1.82) is 0 Å². The van der Waals surface area contributed by atoms with E-state index in [1.54, 1.807) is 11.3 Å². The first-order valence-corrected chi connectivity index (χ1v) is 8.90. The molecule has 1 unspecified atom stereocenters. The highest BCUT2D eigenvalue weighted by Gasteiger charge is 2.12. The Balaban J connectivity index is 1.55. The molecule has 5 nitrogen and oxygen atoms in total. The molecule has 3 aromatic rings. The van der Waals surface area contributed by atoms with Crippen LogP contribution in [0, 0.1) is 0 Å². The molecule has 0 spiro atoms. The zero-order valence-electron chi connectivity index (χ0n) is 12.5. The topological polar surface area (TPSA) is 66.9 Å². The van der Waals surface area contributed by atoms with E-state index in [0.29, 0.717) is 11.0 Å². The Morgan fingerprint density at radius 2 is 2.09 bits per heavy atom. The van der Waals surface area contributed by atoms with E-state index in [0.717, 1.165) is 12.0 Å². The van der Waals surface area contributed by atoms with Crippen molar-refractivity contribution in [1.82, 2.24) is 14.7 Å². The quantitative estimate of drug-likeness (QED) is 0.734. The van der Waals surface area contributed by atoms with Gasteiger partial charge in [-0.25, -0.2) is 4.79 Å². The molecule has 2 heterocycles. The van der Waals surface area contributed by atoms with Gasteiger partial charge in [0.15, 0.2) is 5.82 Å². The van der Waals surface area contributed by atoms with Crippen LogP contribution >= 0.6 is 22.9 Å². The summed E-state index contributed by atoms with van der Waals surface area (Å²) in [6.07, 6.45) is 0.808. The molecule has 2 amide bonds. The van der Waals surface area contributed by atoms with Gasteiger partial charge < -0.3 is 5.32 Å². The number of urea groups is 1. The number of nitrogens with one attached hydrogen (secondary N) is 2. The van der Waals surface area contributed by atoms with Crippen molar-refractivity contribution in [2.75, 3.05) is 5.32 Å². The van der Waals surface area contributed by atoms with Crippen LogP contribution in [0.2, 0.25) is 0 Å². The van der Waals surface area contributed by atoms with E-state index in [2.05, 4.69) is 31.4 Å². The van der Waals surface area contributed by atoms with Crippen LogP contribution < -0.4 is 10.6 Å². The van der Waals surface area contributed by atoms with Crippen molar-refractivity contribution in [2.45, 2.75) is 19.4 Å². The molecular formula is C16H16N4OS2. The predicted octanol–water partition coefficient (Wildman–Crippen LogP) is 4.02. The molecule has 0 aliphatic carbocycles. The molecule has 1 atom stereocenters. The summed E-state index contributed by atoms with van der Waals surface area (Å²) in [6.45, 7) is 1.98. The van der Waals surface area contributed by atoms with Gasteiger partial charge in [0.25, 0.3) is 0 Å². The minimum absolute atomic E-state index is 0.0473. The highest BCUT2D eigenvalue weighted by molar-refractivity contribution is 7.10. The lowest BCUT2D eigenvalue weighted by molar-refractivity contribution is 0.249. The Kier molecular flexibility index (Phi) is 4.99. The molecular weight excluding hydrogens is 328 g/mol. The summed E-state index contributed by atoms with van der Waals surface area (Å²) in [5.41, 5.74) is 2.16. The number of benzene rings is 1. The zero-order valence-corrected chi connectivity index (χ0v) is 14.2. The van der Waals surface area contributed by atoms with Gasteiger partial charge in [-0.3, -0.25) is 5.32 Å². The number of hydrogen-bond acceptors (Lipinski definition) is 5. The SMILES string of the molecule is CC(Cc1ccsc1)NC(=O)Nc1nc(-c2ccccc2)ns1. The summed E-state index contributed by atoms with van der Waals surface area (Å²) in [5, 5.41) is 10.3. The fourth-order valence-electron chi connectivity index (χ4n) is 2.15. The average Bonchev–Trinajstić information content (AvgIpc) is 3.20. The van der Waals surface area contributed by atoms with Crippen LogP contribution in [0.5, 0.6) is 0 Å². The molecule has 0 aliphatic heterocycles. The molecule has 2 N–H and O–H groups in total. The summed E-state index contributed by atoms with van der Waals surface area (Å²) in [4.78, 5) is 16.4. The van der Waals surface area contributed by atoms with Gasteiger partial charge in [-0.1, -0.05) is 30.3 Å². The second kappa shape index (κ2) is 7.34. The van der Waals surface area contributed by atoms with Gasteiger partial charge in [-0.15, -0.1) is 0 Å². The van der Waals surface area contributed by atoms with Gasteiger partial charge >= 0.3 is 6.03 Å². The van der Waals surface area contributed by atoms with Crippen LogP contribution in [0.4, 0.5) is 9.93 Å². The first kappa shape index (κ1) is 15.6. The van der Waals surface area contributed by atoms with Crippen molar-refractivity contribution < 1.29 is 4.79 Å². The fourth-order valence-corrected chi connectivity index (χ4v) is 3.42. The number of hydrogen-bond donors (Lipinski definition) is 2. The van der Waals surface area contributed by atoms with Crippen LogP contribution in [0.1, 0.15) is 12.5 Å². The van der Waals surface area contributed by atoms with Crippen molar-refractivity contribution >= 4 is 34.0 Å². The number of anilines is 1. The van der Waals surface area contributed by atoms with Crippen molar-refractivity contribution in [3.05, 3.63) is 52.7 Å². The predicted molar refractivity (Wildman–Crippen MR) is 95.0 cm³/mol. The van der Waals surface area contributed by atoms with Gasteiger partial charge in [0.2, 0.25) is 5.13 Å². The number of carbonyl (C=O) groups excluding carboxylic acids is 1. The summed E-state index contributed by atoms with van der Waals surface area (Å²) < 4.78 is 4.27. The average molecular weight is 344 g/mol. The normalized spacial score (nSPS) is 11.9. The van der Waals surface area contributed by atoms with Crippen LogP contribution in [-0.4, -0.2) is 21.4 Å². The monoisotopic (exact) mass is 344 g/mol. The number of rotatable bonds is 5. The number of thiophene rings is 1. The minimum atomic E-state index is -0.261. The van der Waals surface area contributed by atoms with Crippen LogP contribution in [0.15, 0.2) is 47.2 Å². The largest absolute Gasteiger partial charge is 0.335 e. The first-order valence-electron chi connectivity index (χ1n) is 7.18. The van der Waals surface area contributed by atoms with Gasteiger partial charge in [0.05, 0.1) is 0 Å². The zero-order chi connectivity index (χ0) is 16.1. The van der Waals surface area contributed by atoms with Crippen molar-refractivity contribution in [3.8, 4) is 11.4 Å². The Morgan fingerprint density at radius 3 is 2.83 bits per heavy atom. The van der Waals surface area contributed by atoms with E-state index in [1.807, 2.05) is 42.6 Å². The summed E-state index contributed by atoms with van der Waals surface area (Å²) >= 11 is 2.83. The molecule has 2 aromatic heterocycles. The number of amides is 2. The van der Waals surface area contributed by atoms with Crippen LogP contribution in [-0.2, 0) is 6.42 Å². The highest BCUT2D eigenvalue weighted by atomic mass is 32.1. The minimum Gasteiger partial charge on any atom is -0.335 e. The maximum atomic E-state index is 12.0. The van der Waals surface area contributed by atoms with E-state index < -0.39 is 0 Å². The maximum Gasteiger partial charge on any atom is 0.321 e. The Bertz CT molecular complexity index is 756. The van der Waals surface area contributed by atoms with Gasteiger partial charge in [0.1, 0.15) is 0 Å². The lowest BCUT2D eigenvalue weighted by Gasteiger charge is -2.12. The maximum absolute atomic E-state index is 12.0. The Hall–Kier alpha value is -2.25. The van der Waals surface area contributed by atoms with Gasteiger partial charge in [-0.05, 0) is 35.7 Å². The molecule has 1 aromatic carbocycles. The van der Waals surface area contributed by atoms with Gasteiger partial charge in [-0.2, -0.15) is 20.7 Å². The third-order valence-corrected chi connectivity index (χ3v) is 4.54. The second-order valence-electron chi connectivity index (χ2n) is 5.12. The lowest BCUT2D eigenvalue weighted by atomic mass is 10.1. The molecule has 3 rings (SSSR count). The van der Waals surface area contributed by atoms with E-state index >= 15 is 0 Å². The lowest BCUT2D eigenvalue weighted by Crippen LogP contribution is -2.37. The Labute approximate surface area is 142 Å². The van der Waals surface area contributed by atoms with E-state index in [-0.39, 0.29) is 12.1 Å². The summed E-state index contributed by atoms with van der Waals surface area (Å²) in [7, 11) is 0. The molecule has 0 bridgehead atoms. The number of aromatic nitrogens is 2.